The molecule has 0 radical (unpaired) electrons. The molecular formula is C12H18N4O. The molecule has 1 atom stereocenters. The Morgan fingerprint density at radius 1 is 1.47 bits per heavy atom. The van der Waals surface area contributed by atoms with E-state index in [1.807, 2.05) is 12.1 Å². The second kappa shape index (κ2) is 4.09. The molecule has 0 fully saturated rings. The predicted molar refractivity (Wildman–Crippen MR) is 65.7 cm³/mol. The van der Waals surface area contributed by atoms with Gasteiger partial charge in [0.15, 0.2) is 11.5 Å². The number of hydrogen-bond acceptors (Lipinski definition) is 4. The highest BCUT2D eigenvalue weighted by Crippen LogP contribution is 2.20. The van der Waals surface area contributed by atoms with Crippen LogP contribution in [0.4, 0.5) is 0 Å². The van der Waals surface area contributed by atoms with E-state index in [0.717, 1.165) is 17.0 Å². The first-order chi connectivity index (χ1) is 7.91. The third-order valence-corrected chi connectivity index (χ3v) is 2.64. The molecule has 5 nitrogen and oxygen atoms in total. The zero-order chi connectivity index (χ0) is 12.6. The molecule has 0 amide bonds. The van der Waals surface area contributed by atoms with E-state index in [4.69, 9.17) is 5.73 Å². The van der Waals surface area contributed by atoms with Gasteiger partial charge in [0.1, 0.15) is 0 Å². The summed E-state index contributed by atoms with van der Waals surface area (Å²) in [6, 6.07) is 3.63. The Balaban J connectivity index is 2.48. The van der Waals surface area contributed by atoms with Crippen LogP contribution in [0.25, 0.3) is 5.65 Å². The molecule has 2 aromatic rings. The lowest BCUT2D eigenvalue weighted by Crippen LogP contribution is -2.13. The third-order valence-electron chi connectivity index (χ3n) is 2.64. The van der Waals surface area contributed by atoms with Gasteiger partial charge in [0.2, 0.25) is 0 Å². The number of pyridine rings is 1. The summed E-state index contributed by atoms with van der Waals surface area (Å²) in [5.41, 5.74) is 6.85. The smallest absolute Gasteiger partial charge is 0.157 e. The van der Waals surface area contributed by atoms with Crippen molar-refractivity contribution in [3.05, 3.63) is 29.7 Å². The maximum Gasteiger partial charge on any atom is 0.157 e. The summed E-state index contributed by atoms with van der Waals surface area (Å²) in [6.07, 6.45) is 1.15. The van der Waals surface area contributed by atoms with Crippen molar-refractivity contribution in [3.63, 3.8) is 0 Å². The summed E-state index contributed by atoms with van der Waals surface area (Å²) in [5, 5.41) is 14.1. The van der Waals surface area contributed by atoms with E-state index < -0.39 is 6.10 Å². The molecule has 0 bridgehead atoms. The van der Waals surface area contributed by atoms with Crippen LogP contribution in [0, 0.1) is 0 Å². The van der Waals surface area contributed by atoms with Crippen molar-refractivity contribution in [2.75, 3.05) is 6.54 Å². The Kier molecular flexibility index (Phi) is 2.89. The SMILES string of the molecule is CC(C)(C)c1nc2cc(C(O)CN)ccn2n1. The monoisotopic (exact) mass is 234 g/mol. The molecule has 0 aliphatic carbocycles. The Morgan fingerprint density at radius 3 is 2.76 bits per heavy atom. The van der Waals surface area contributed by atoms with Crippen LogP contribution in [-0.2, 0) is 5.41 Å². The largest absolute Gasteiger partial charge is 0.387 e. The van der Waals surface area contributed by atoms with E-state index in [9.17, 15) is 5.11 Å². The molecular weight excluding hydrogens is 216 g/mol. The van der Waals surface area contributed by atoms with Gasteiger partial charge in [-0.15, -0.1) is 0 Å². The van der Waals surface area contributed by atoms with Crippen molar-refractivity contribution in [2.45, 2.75) is 32.3 Å². The van der Waals surface area contributed by atoms with Crippen LogP contribution < -0.4 is 5.73 Å². The highest BCUT2D eigenvalue weighted by molar-refractivity contribution is 5.42. The first kappa shape index (κ1) is 12.0. The van der Waals surface area contributed by atoms with E-state index in [-0.39, 0.29) is 12.0 Å². The Morgan fingerprint density at radius 2 is 2.18 bits per heavy atom. The molecule has 5 heteroatoms. The van der Waals surface area contributed by atoms with Gasteiger partial charge < -0.3 is 10.8 Å². The summed E-state index contributed by atoms with van der Waals surface area (Å²) in [7, 11) is 0. The number of hydrogen-bond donors (Lipinski definition) is 2. The molecule has 92 valence electrons. The second-order valence-electron chi connectivity index (χ2n) is 5.20. The van der Waals surface area contributed by atoms with Crippen LogP contribution in [0.3, 0.4) is 0 Å². The fourth-order valence-electron chi connectivity index (χ4n) is 1.56. The third kappa shape index (κ3) is 2.30. The molecule has 0 aromatic carbocycles. The zero-order valence-electron chi connectivity index (χ0n) is 10.4. The van der Waals surface area contributed by atoms with Gasteiger partial charge in [-0.3, -0.25) is 0 Å². The van der Waals surface area contributed by atoms with E-state index in [1.54, 1.807) is 10.7 Å². The summed E-state index contributed by atoms with van der Waals surface area (Å²) in [6.45, 7) is 6.41. The quantitative estimate of drug-likeness (QED) is 0.813. The Bertz CT molecular complexity index is 527. The molecule has 0 spiro atoms. The van der Waals surface area contributed by atoms with Crippen molar-refractivity contribution < 1.29 is 5.11 Å². The summed E-state index contributed by atoms with van der Waals surface area (Å²) in [5.74, 6) is 0.789. The van der Waals surface area contributed by atoms with Gasteiger partial charge in [-0.1, -0.05) is 20.8 Å². The van der Waals surface area contributed by atoms with Crippen LogP contribution in [0.5, 0.6) is 0 Å². The number of nitrogens with zero attached hydrogens (tertiary/aromatic N) is 3. The van der Waals surface area contributed by atoms with Gasteiger partial charge in [0.05, 0.1) is 6.10 Å². The lowest BCUT2D eigenvalue weighted by molar-refractivity contribution is 0.186. The molecule has 2 heterocycles. The van der Waals surface area contributed by atoms with Gasteiger partial charge >= 0.3 is 0 Å². The molecule has 0 saturated heterocycles. The van der Waals surface area contributed by atoms with E-state index in [2.05, 4.69) is 30.9 Å². The fraction of sp³-hybridized carbons (Fsp3) is 0.500. The molecule has 3 N–H and O–H groups in total. The minimum Gasteiger partial charge on any atom is -0.387 e. The van der Waals surface area contributed by atoms with Gasteiger partial charge in [-0.2, -0.15) is 5.10 Å². The van der Waals surface area contributed by atoms with Gasteiger partial charge in [0, 0.05) is 18.2 Å². The van der Waals surface area contributed by atoms with Gasteiger partial charge in [-0.05, 0) is 17.7 Å². The molecule has 1 unspecified atom stereocenters. The molecule has 0 saturated carbocycles. The van der Waals surface area contributed by atoms with Gasteiger partial charge in [-0.25, -0.2) is 9.50 Å². The zero-order valence-corrected chi connectivity index (χ0v) is 10.4. The number of nitrogens with two attached hydrogens (primary N) is 1. The number of aliphatic hydroxyl groups is 1. The highest BCUT2D eigenvalue weighted by atomic mass is 16.3. The maximum atomic E-state index is 9.67. The minimum absolute atomic E-state index is 0.0847. The highest BCUT2D eigenvalue weighted by Gasteiger charge is 2.19. The van der Waals surface area contributed by atoms with Crippen molar-refractivity contribution >= 4 is 5.65 Å². The average Bonchev–Trinajstić information content (AvgIpc) is 2.70. The second-order valence-corrected chi connectivity index (χ2v) is 5.20. The Hall–Kier alpha value is -1.46. The van der Waals surface area contributed by atoms with Crippen LogP contribution in [0.15, 0.2) is 18.3 Å². The van der Waals surface area contributed by atoms with E-state index in [1.165, 1.54) is 0 Å². The predicted octanol–water partition coefficient (Wildman–Crippen LogP) is 1.02. The minimum atomic E-state index is -0.644. The molecule has 2 aromatic heterocycles. The first-order valence-electron chi connectivity index (χ1n) is 5.67. The van der Waals surface area contributed by atoms with E-state index in [0.29, 0.717) is 0 Å². The van der Waals surface area contributed by atoms with Crippen LogP contribution >= 0.6 is 0 Å². The van der Waals surface area contributed by atoms with Crippen molar-refractivity contribution in [2.24, 2.45) is 5.73 Å². The van der Waals surface area contributed by atoms with Crippen LogP contribution in [0.1, 0.15) is 38.3 Å². The number of fused-ring (bicyclic) bond motifs is 1. The van der Waals surface area contributed by atoms with Crippen molar-refractivity contribution in [1.29, 1.82) is 0 Å². The van der Waals surface area contributed by atoms with Crippen molar-refractivity contribution in [3.8, 4) is 0 Å². The molecule has 17 heavy (non-hydrogen) atoms. The van der Waals surface area contributed by atoms with Crippen molar-refractivity contribution in [1.82, 2.24) is 14.6 Å². The first-order valence-corrected chi connectivity index (χ1v) is 5.67. The lowest BCUT2D eigenvalue weighted by Gasteiger charge is -2.11. The lowest BCUT2D eigenvalue weighted by atomic mass is 9.96. The van der Waals surface area contributed by atoms with Crippen LogP contribution in [0.2, 0.25) is 0 Å². The number of rotatable bonds is 2. The standard InChI is InChI=1S/C12H18N4O/c1-12(2,3)11-14-10-6-8(9(17)7-13)4-5-16(10)15-11/h4-6,9,17H,7,13H2,1-3H3. The summed E-state index contributed by atoms with van der Waals surface area (Å²) < 4.78 is 1.72. The molecule has 2 rings (SSSR count). The van der Waals surface area contributed by atoms with Crippen LogP contribution in [-0.4, -0.2) is 26.2 Å². The summed E-state index contributed by atoms with van der Waals surface area (Å²) >= 11 is 0. The normalized spacial score (nSPS) is 14.2. The topological polar surface area (TPSA) is 76.4 Å². The van der Waals surface area contributed by atoms with Gasteiger partial charge in [0.25, 0.3) is 0 Å². The molecule has 0 aliphatic heterocycles. The number of aromatic nitrogens is 3. The average molecular weight is 234 g/mol. The Labute approximate surface area is 100 Å². The number of aliphatic hydroxyl groups excluding tert-OH is 1. The fourth-order valence-corrected chi connectivity index (χ4v) is 1.56. The molecule has 0 aliphatic rings. The summed E-state index contributed by atoms with van der Waals surface area (Å²) in [4.78, 5) is 4.46. The maximum absolute atomic E-state index is 9.67. The van der Waals surface area contributed by atoms with E-state index >= 15 is 0 Å².